The van der Waals surface area contributed by atoms with E-state index >= 15 is 0 Å². The maximum atomic E-state index is 12.1. The summed E-state index contributed by atoms with van der Waals surface area (Å²) < 4.78 is 17.0. The van der Waals surface area contributed by atoms with E-state index in [9.17, 15) is 9.59 Å². The Labute approximate surface area is 218 Å². The first-order chi connectivity index (χ1) is 17.5. The van der Waals surface area contributed by atoms with Gasteiger partial charge in [-0.15, -0.1) is 0 Å². The van der Waals surface area contributed by atoms with Crippen molar-refractivity contribution in [1.29, 1.82) is 0 Å². The lowest BCUT2D eigenvalue weighted by Gasteiger charge is -2.16. The number of esters is 2. The van der Waals surface area contributed by atoms with Gasteiger partial charge in [0.1, 0.15) is 12.4 Å². The van der Waals surface area contributed by atoms with Crippen molar-refractivity contribution in [2.45, 2.75) is 34.6 Å². The highest BCUT2D eigenvalue weighted by Crippen LogP contribution is 2.37. The summed E-state index contributed by atoms with van der Waals surface area (Å²) in [6.45, 7) is 20.6. The summed E-state index contributed by atoms with van der Waals surface area (Å²) in [7, 11) is 0. The van der Waals surface area contributed by atoms with Gasteiger partial charge in [0.05, 0.1) is 0 Å². The van der Waals surface area contributed by atoms with Crippen molar-refractivity contribution in [2.75, 3.05) is 6.61 Å². The summed E-state index contributed by atoms with van der Waals surface area (Å²) in [4.78, 5) is 24.3. The minimum atomic E-state index is -0.518. The van der Waals surface area contributed by atoms with Crippen LogP contribution < -0.4 is 14.2 Å². The van der Waals surface area contributed by atoms with Crippen LogP contribution in [0.1, 0.15) is 45.7 Å². The molecule has 190 valence electrons. The molecule has 0 aliphatic rings. The fourth-order valence-corrected chi connectivity index (χ4v) is 3.63. The number of ether oxygens (including phenoxy) is 3. The topological polar surface area (TPSA) is 61.8 Å². The van der Waals surface area contributed by atoms with Gasteiger partial charge in [-0.2, -0.15) is 0 Å². The Bertz CT molecular complexity index is 1460. The molecule has 0 heterocycles. The first kappa shape index (κ1) is 27.2. The molecular weight excluding hydrogens is 464 g/mol. The molecule has 0 spiro atoms. The number of hydrogen-bond acceptors (Lipinski definition) is 5. The molecule has 3 aromatic rings. The van der Waals surface area contributed by atoms with Crippen molar-refractivity contribution < 1.29 is 23.8 Å². The molecule has 0 atom stereocenters. The van der Waals surface area contributed by atoms with Crippen LogP contribution >= 0.6 is 0 Å². The molecule has 0 fully saturated rings. The van der Waals surface area contributed by atoms with Crippen LogP contribution in [0.4, 0.5) is 0 Å². The molecule has 0 aliphatic heterocycles. The molecule has 0 saturated carbocycles. The lowest BCUT2D eigenvalue weighted by molar-refractivity contribution is -0.130. The molecule has 37 heavy (non-hydrogen) atoms. The smallest absolute Gasteiger partial charge is 0.338 e. The van der Waals surface area contributed by atoms with Gasteiger partial charge in [0, 0.05) is 16.5 Å². The second-order valence-electron chi connectivity index (χ2n) is 9.15. The first-order valence-electron chi connectivity index (χ1n) is 11.9. The molecule has 3 rings (SSSR count). The predicted octanol–water partition coefficient (Wildman–Crippen LogP) is 7.71. The molecule has 0 bridgehead atoms. The second-order valence-corrected chi connectivity index (χ2v) is 9.15. The maximum Gasteiger partial charge on any atom is 0.338 e. The van der Waals surface area contributed by atoms with Crippen LogP contribution in [0.3, 0.4) is 0 Å². The Morgan fingerprint density at radius 2 is 1.27 bits per heavy atom. The Morgan fingerprint density at radius 1 is 0.676 bits per heavy atom. The normalized spacial score (nSPS) is 11.4. The molecule has 3 aromatic carbocycles. The number of allylic oxidation sites excluding steroid dienone is 2. The largest absolute Gasteiger partial charge is 0.485 e. The fraction of sp³-hybridized carbons (Fsp3) is 0.188. The van der Waals surface area contributed by atoms with Crippen LogP contribution in [0.5, 0.6) is 17.2 Å². The summed E-state index contributed by atoms with van der Waals surface area (Å²) in [6, 6.07) is 17.0. The standard InChI is InChI=1S/C32H32O5/c1-19(2)18-35-30-17-24(15-16-29(30)37-32(34)21(5)6)22(7)23(8)25-11-9-13-27-26(25)12-10-14-28(27)36-31(33)20(3)4/h9-17H,1,3,5,18H2,2,4,6-8H3/b23-22+. The van der Waals surface area contributed by atoms with Gasteiger partial charge in [-0.3, -0.25) is 0 Å². The number of carbonyl (C=O) groups excluding carboxylic acids is 2. The highest BCUT2D eigenvalue weighted by Gasteiger charge is 2.16. The van der Waals surface area contributed by atoms with E-state index in [1.165, 1.54) is 0 Å². The van der Waals surface area contributed by atoms with Crippen LogP contribution in [0.2, 0.25) is 0 Å². The zero-order valence-electron chi connectivity index (χ0n) is 22.1. The molecule has 0 unspecified atom stereocenters. The number of rotatable bonds is 9. The van der Waals surface area contributed by atoms with Crippen molar-refractivity contribution in [3.05, 3.63) is 102 Å². The van der Waals surface area contributed by atoms with Crippen molar-refractivity contribution in [1.82, 2.24) is 0 Å². The van der Waals surface area contributed by atoms with Crippen LogP contribution in [0.25, 0.3) is 21.9 Å². The summed E-state index contributed by atoms with van der Waals surface area (Å²) >= 11 is 0. The summed E-state index contributed by atoms with van der Waals surface area (Å²) in [5.74, 6) is 0.259. The lowest BCUT2D eigenvalue weighted by atomic mass is 9.93. The van der Waals surface area contributed by atoms with Gasteiger partial charge < -0.3 is 14.2 Å². The van der Waals surface area contributed by atoms with Gasteiger partial charge in [-0.25, -0.2) is 9.59 Å². The van der Waals surface area contributed by atoms with Crippen molar-refractivity contribution >= 4 is 33.9 Å². The zero-order chi connectivity index (χ0) is 27.3. The molecule has 0 radical (unpaired) electrons. The maximum absolute atomic E-state index is 12.1. The molecule has 0 aliphatic carbocycles. The predicted molar refractivity (Wildman–Crippen MR) is 150 cm³/mol. The van der Waals surface area contributed by atoms with Gasteiger partial charge in [-0.1, -0.05) is 56.1 Å². The average molecular weight is 497 g/mol. The van der Waals surface area contributed by atoms with E-state index in [4.69, 9.17) is 14.2 Å². The summed E-state index contributed by atoms with van der Waals surface area (Å²) in [6.07, 6.45) is 0. The number of fused-ring (bicyclic) bond motifs is 1. The molecule has 5 nitrogen and oxygen atoms in total. The summed E-state index contributed by atoms with van der Waals surface area (Å²) in [5.41, 5.74) is 5.43. The number of benzene rings is 3. The van der Waals surface area contributed by atoms with Gasteiger partial charge in [0.15, 0.2) is 11.5 Å². The Hall–Kier alpha value is -4.38. The molecule has 0 amide bonds. The zero-order valence-corrected chi connectivity index (χ0v) is 22.1. The van der Waals surface area contributed by atoms with Crippen molar-refractivity contribution in [3.8, 4) is 17.2 Å². The quantitative estimate of drug-likeness (QED) is 0.0998. The van der Waals surface area contributed by atoms with E-state index in [1.807, 2.05) is 63.2 Å². The molecule has 0 aromatic heterocycles. The fourth-order valence-electron chi connectivity index (χ4n) is 3.63. The SMILES string of the molecule is C=C(C)COc1cc(/C(C)=C(\C)c2cccc3c(OC(=O)C(=C)C)cccc23)ccc1OC(=O)C(=C)C. The van der Waals surface area contributed by atoms with Crippen LogP contribution in [0.15, 0.2) is 91.1 Å². The van der Waals surface area contributed by atoms with Gasteiger partial charge >= 0.3 is 11.9 Å². The van der Waals surface area contributed by atoms with E-state index in [-0.39, 0.29) is 6.61 Å². The Kier molecular flexibility index (Phi) is 8.51. The Morgan fingerprint density at radius 3 is 1.89 bits per heavy atom. The molecule has 0 saturated heterocycles. The Balaban J connectivity index is 2.08. The molecular formula is C32H32O5. The van der Waals surface area contributed by atoms with E-state index < -0.39 is 11.9 Å². The molecule has 0 N–H and O–H groups in total. The summed E-state index contributed by atoms with van der Waals surface area (Å²) in [5, 5.41) is 1.78. The highest BCUT2D eigenvalue weighted by molar-refractivity contribution is 6.03. The van der Waals surface area contributed by atoms with E-state index in [2.05, 4.69) is 19.7 Å². The van der Waals surface area contributed by atoms with Gasteiger partial charge in [-0.05, 0) is 86.1 Å². The highest BCUT2D eigenvalue weighted by atomic mass is 16.6. The number of hydrogen-bond donors (Lipinski definition) is 0. The second kappa shape index (κ2) is 11.6. The van der Waals surface area contributed by atoms with E-state index in [0.717, 1.165) is 38.6 Å². The lowest BCUT2D eigenvalue weighted by Crippen LogP contribution is -2.10. The third-order valence-corrected chi connectivity index (χ3v) is 5.80. The van der Waals surface area contributed by atoms with Gasteiger partial charge in [0.25, 0.3) is 0 Å². The average Bonchev–Trinajstić information content (AvgIpc) is 2.86. The van der Waals surface area contributed by atoms with Crippen molar-refractivity contribution in [2.24, 2.45) is 0 Å². The van der Waals surface area contributed by atoms with Crippen LogP contribution in [0, 0.1) is 0 Å². The van der Waals surface area contributed by atoms with Crippen LogP contribution in [-0.2, 0) is 9.59 Å². The van der Waals surface area contributed by atoms with E-state index in [1.54, 1.807) is 26.0 Å². The minimum absolute atomic E-state index is 0.290. The third kappa shape index (κ3) is 6.44. The van der Waals surface area contributed by atoms with E-state index in [0.29, 0.717) is 28.4 Å². The van der Waals surface area contributed by atoms with Crippen LogP contribution in [-0.4, -0.2) is 18.5 Å². The monoisotopic (exact) mass is 496 g/mol. The minimum Gasteiger partial charge on any atom is -0.485 e. The number of carbonyl (C=O) groups is 2. The first-order valence-corrected chi connectivity index (χ1v) is 11.9. The molecule has 5 heteroatoms. The van der Waals surface area contributed by atoms with Gasteiger partial charge in [0.2, 0.25) is 0 Å². The van der Waals surface area contributed by atoms with Crippen molar-refractivity contribution in [3.63, 3.8) is 0 Å². The third-order valence-electron chi connectivity index (χ3n) is 5.80.